The summed E-state index contributed by atoms with van der Waals surface area (Å²) < 4.78 is 9.14. The standard InChI is InChI=1S/C42H27NOS/c1-3-12-27(13-4-1)29-16-11-17-30(24-29)40(31-22-23-39-35(25-31)33-19-9-10-21-38(33)45-39)36-26-37-41(34-20-8-7-18-32(34)36)43-42(44-37)28-14-5-2-6-15-28/h1-26,40H. The van der Waals surface area contributed by atoms with Crippen LogP contribution in [0.15, 0.2) is 162 Å². The molecule has 0 aliphatic rings. The molecule has 0 radical (unpaired) electrons. The van der Waals surface area contributed by atoms with Crippen LogP contribution in [-0.4, -0.2) is 4.98 Å². The lowest BCUT2D eigenvalue weighted by Crippen LogP contribution is -2.05. The number of hydrogen-bond donors (Lipinski definition) is 0. The average molecular weight is 594 g/mol. The van der Waals surface area contributed by atoms with E-state index in [4.69, 9.17) is 9.40 Å². The van der Waals surface area contributed by atoms with Crippen molar-refractivity contribution >= 4 is 53.4 Å². The van der Waals surface area contributed by atoms with Crippen LogP contribution in [0.3, 0.4) is 0 Å². The second-order valence-corrected chi connectivity index (χ2v) is 12.6. The Morgan fingerprint density at radius 3 is 1.93 bits per heavy atom. The molecular formula is C42H27NOS. The first-order valence-electron chi connectivity index (χ1n) is 15.2. The molecule has 0 bridgehead atoms. The lowest BCUT2D eigenvalue weighted by molar-refractivity contribution is 0.619. The van der Waals surface area contributed by atoms with Gasteiger partial charge in [-0.2, -0.15) is 0 Å². The molecule has 0 amide bonds. The Kier molecular flexibility index (Phi) is 6.10. The second-order valence-electron chi connectivity index (χ2n) is 11.5. The first kappa shape index (κ1) is 25.9. The number of hydrogen-bond acceptors (Lipinski definition) is 3. The van der Waals surface area contributed by atoms with Crippen molar-refractivity contribution in [2.45, 2.75) is 5.92 Å². The summed E-state index contributed by atoms with van der Waals surface area (Å²) in [7, 11) is 0. The molecule has 3 heteroatoms. The molecule has 1 atom stereocenters. The minimum Gasteiger partial charge on any atom is -0.436 e. The van der Waals surface area contributed by atoms with Gasteiger partial charge in [0.15, 0.2) is 5.58 Å². The van der Waals surface area contributed by atoms with Crippen LogP contribution in [0.25, 0.3) is 64.6 Å². The molecule has 0 saturated heterocycles. The summed E-state index contributed by atoms with van der Waals surface area (Å²) in [5.74, 6) is 0.609. The highest BCUT2D eigenvalue weighted by molar-refractivity contribution is 7.25. The summed E-state index contributed by atoms with van der Waals surface area (Å²) in [5, 5.41) is 4.89. The Morgan fingerprint density at radius 2 is 1.11 bits per heavy atom. The van der Waals surface area contributed by atoms with Crippen molar-refractivity contribution in [1.82, 2.24) is 4.98 Å². The summed E-state index contributed by atoms with van der Waals surface area (Å²) in [6.45, 7) is 0. The lowest BCUT2D eigenvalue weighted by Gasteiger charge is -2.22. The van der Waals surface area contributed by atoms with E-state index in [9.17, 15) is 0 Å². The van der Waals surface area contributed by atoms with Gasteiger partial charge in [0.25, 0.3) is 0 Å². The highest BCUT2D eigenvalue weighted by Gasteiger charge is 2.24. The van der Waals surface area contributed by atoms with Crippen LogP contribution >= 0.6 is 11.3 Å². The van der Waals surface area contributed by atoms with Crippen molar-refractivity contribution in [3.63, 3.8) is 0 Å². The van der Waals surface area contributed by atoms with E-state index in [0.29, 0.717) is 5.89 Å². The summed E-state index contributed by atoms with van der Waals surface area (Å²) in [6.07, 6.45) is 0. The maximum Gasteiger partial charge on any atom is 0.227 e. The van der Waals surface area contributed by atoms with Crippen LogP contribution in [0.1, 0.15) is 22.6 Å². The van der Waals surface area contributed by atoms with Gasteiger partial charge in [-0.05, 0) is 69.6 Å². The van der Waals surface area contributed by atoms with E-state index in [1.165, 1.54) is 53.4 Å². The van der Waals surface area contributed by atoms with Crippen molar-refractivity contribution in [3.8, 4) is 22.6 Å². The van der Waals surface area contributed by atoms with Crippen LogP contribution in [0, 0.1) is 0 Å². The number of rotatable bonds is 5. The highest BCUT2D eigenvalue weighted by Crippen LogP contribution is 2.43. The average Bonchev–Trinajstić information content (AvgIpc) is 3.71. The molecule has 7 aromatic carbocycles. The molecule has 0 aliphatic carbocycles. The molecule has 45 heavy (non-hydrogen) atoms. The number of oxazole rings is 1. The largest absolute Gasteiger partial charge is 0.436 e. The molecule has 0 aliphatic heterocycles. The molecule has 2 heterocycles. The Morgan fingerprint density at radius 1 is 0.467 bits per heavy atom. The van der Waals surface area contributed by atoms with Crippen molar-refractivity contribution in [3.05, 3.63) is 174 Å². The summed E-state index contributed by atoms with van der Waals surface area (Å²) in [5.41, 5.74) is 8.78. The maximum absolute atomic E-state index is 6.52. The van der Waals surface area contributed by atoms with Crippen LogP contribution in [0.5, 0.6) is 0 Å². The number of aromatic nitrogens is 1. The fraction of sp³-hybridized carbons (Fsp3) is 0.0238. The molecule has 2 nitrogen and oxygen atoms in total. The number of benzene rings is 7. The van der Waals surface area contributed by atoms with Gasteiger partial charge in [0, 0.05) is 37.0 Å². The van der Waals surface area contributed by atoms with E-state index in [-0.39, 0.29) is 5.92 Å². The van der Waals surface area contributed by atoms with Crippen molar-refractivity contribution in [2.75, 3.05) is 0 Å². The normalized spacial score (nSPS) is 12.4. The van der Waals surface area contributed by atoms with Gasteiger partial charge in [-0.1, -0.05) is 121 Å². The lowest BCUT2D eigenvalue weighted by atomic mass is 9.81. The van der Waals surface area contributed by atoms with Crippen molar-refractivity contribution in [2.24, 2.45) is 0 Å². The second kappa shape index (κ2) is 10.6. The molecule has 0 fully saturated rings. The minimum atomic E-state index is -0.0312. The minimum absolute atomic E-state index is 0.0312. The highest BCUT2D eigenvalue weighted by atomic mass is 32.1. The van der Waals surface area contributed by atoms with Gasteiger partial charge in [0.2, 0.25) is 5.89 Å². The van der Waals surface area contributed by atoms with Crippen LogP contribution < -0.4 is 0 Å². The van der Waals surface area contributed by atoms with Crippen LogP contribution in [0.2, 0.25) is 0 Å². The smallest absolute Gasteiger partial charge is 0.227 e. The topological polar surface area (TPSA) is 26.0 Å². The third kappa shape index (κ3) is 4.44. The fourth-order valence-corrected chi connectivity index (χ4v) is 7.82. The Bertz CT molecular complexity index is 2490. The quantitative estimate of drug-likeness (QED) is 0.186. The van der Waals surface area contributed by atoms with E-state index in [1.807, 2.05) is 41.7 Å². The van der Waals surface area contributed by atoms with Gasteiger partial charge < -0.3 is 4.42 Å². The van der Waals surface area contributed by atoms with E-state index in [1.54, 1.807) is 0 Å². The zero-order valence-corrected chi connectivity index (χ0v) is 25.2. The first-order valence-corrected chi connectivity index (χ1v) is 16.1. The monoisotopic (exact) mass is 593 g/mol. The SMILES string of the molecule is c1ccc(-c2cccc(C(c3ccc4sc5ccccc5c4c3)c3cc4oc(-c5ccccc5)nc4c4ccccc34)c2)cc1. The van der Waals surface area contributed by atoms with Gasteiger partial charge >= 0.3 is 0 Å². The number of nitrogens with zero attached hydrogens (tertiary/aromatic N) is 1. The van der Waals surface area contributed by atoms with E-state index in [2.05, 4.69) is 127 Å². The first-order chi connectivity index (χ1) is 22.3. The fourth-order valence-electron chi connectivity index (χ4n) is 6.73. The predicted octanol–water partition coefficient (Wildman–Crippen LogP) is 11.9. The van der Waals surface area contributed by atoms with Gasteiger partial charge in [-0.25, -0.2) is 4.98 Å². The summed E-state index contributed by atoms with van der Waals surface area (Å²) in [4.78, 5) is 5.01. The number of fused-ring (bicyclic) bond motifs is 6. The molecule has 9 aromatic rings. The van der Waals surface area contributed by atoms with Gasteiger partial charge in [0.05, 0.1) is 0 Å². The van der Waals surface area contributed by atoms with Gasteiger partial charge in [0.1, 0.15) is 5.52 Å². The number of thiophene rings is 1. The third-order valence-corrected chi connectivity index (χ3v) is 9.98. The Labute approximate surface area is 264 Å². The van der Waals surface area contributed by atoms with Gasteiger partial charge in [-0.3, -0.25) is 0 Å². The predicted molar refractivity (Wildman–Crippen MR) is 189 cm³/mol. The molecule has 212 valence electrons. The molecule has 2 aromatic heterocycles. The van der Waals surface area contributed by atoms with Crippen molar-refractivity contribution < 1.29 is 4.42 Å². The molecule has 1 unspecified atom stereocenters. The van der Waals surface area contributed by atoms with E-state index >= 15 is 0 Å². The molecule has 0 spiro atoms. The van der Waals surface area contributed by atoms with Crippen LogP contribution in [-0.2, 0) is 0 Å². The molecule has 9 rings (SSSR count). The van der Waals surface area contributed by atoms with E-state index in [0.717, 1.165) is 22.0 Å². The molecular weight excluding hydrogens is 567 g/mol. The Hall–Kier alpha value is -5.51. The Balaban J connectivity index is 1.32. The molecule has 0 N–H and O–H groups in total. The van der Waals surface area contributed by atoms with Gasteiger partial charge in [-0.15, -0.1) is 11.3 Å². The zero-order chi connectivity index (χ0) is 29.7. The van der Waals surface area contributed by atoms with Crippen LogP contribution in [0.4, 0.5) is 0 Å². The summed E-state index contributed by atoms with van der Waals surface area (Å²) in [6, 6.07) is 56.4. The maximum atomic E-state index is 6.52. The van der Waals surface area contributed by atoms with E-state index < -0.39 is 0 Å². The zero-order valence-electron chi connectivity index (χ0n) is 24.4. The van der Waals surface area contributed by atoms with Crippen molar-refractivity contribution in [1.29, 1.82) is 0 Å². The third-order valence-electron chi connectivity index (χ3n) is 8.83. The summed E-state index contributed by atoms with van der Waals surface area (Å²) >= 11 is 1.86. The molecule has 0 saturated carbocycles.